The van der Waals surface area contributed by atoms with Gasteiger partial charge >= 0.3 is 12.0 Å². The van der Waals surface area contributed by atoms with E-state index in [1.165, 1.54) is 0 Å². The van der Waals surface area contributed by atoms with E-state index in [2.05, 4.69) is 15.5 Å². The number of carbonyl (C=O) groups excluding carboxylic acids is 3. The SMILES string of the molecule is CCC1(CC)NC(=O)N(CC(=O)OCc2nc(-c3ccc(OC)cc3)no2)C1=O. The Hall–Kier alpha value is -3.43. The van der Waals surface area contributed by atoms with Crippen LogP contribution in [0.1, 0.15) is 32.6 Å². The molecule has 2 heterocycles. The summed E-state index contributed by atoms with van der Waals surface area (Å²) in [5, 5.41) is 6.50. The molecule has 0 bridgehead atoms. The van der Waals surface area contributed by atoms with Crippen molar-refractivity contribution in [2.75, 3.05) is 13.7 Å². The van der Waals surface area contributed by atoms with E-state index in [4.69, 9.17) is 14.0 Å². The maximum Gasteiger partial charge on any atom is 0.326 e. The fraction of sp³-hybridized carbons (Fsp3) is 0.421. The first-order valence-corrected chi connectivity index (χ1v) is 9.19. The number of nitrogens with zero attached hydrogens (tertiary/aromatic N) is 3. The topological polar surface area (TPSA) is 124 Å². The first kappa shape index (κ1) is 20.3. The molecule has 1 fully saturated rings. The number of esters is 1. The van der Waals surface area contributed by atoms with Crippen molar-refractivity contribution in [2.24, 2.45) is 0 Å². The zero-order chi connectivity index (χ0) is 21.0. The number of hydrogen-bond acceptors (Lipinski definition) is 8. The zero-order valence-electron chi connectivity index (χ0n) is 16.4. The van der Waals surface area contributed by atoms with Gasteiger partial charge in [-0.3, -0.25) is 14.5 Å². The van der Waals surface area contributed by atoms with E-state index in [0.717, 1.165) is 4.90 Å². The largest absolute Gasteiger partial charge is 0.497 e. The molecule has 154 valence electrons. The van der Waals surface area contributed by atoms with Gasteiger partial charge in [0.2, 0.25) is 5.82 Å². The summed E-state index contributed by atoms with van der Waals surface area (Å²) in [6, 6.07) is 6.46. The second-order valence-corrected chi connectivity index (χ2v) is 6.51. The molecule has 1 N–H and O–H groups in total. The predicted molar refractivity (Wildman–Crippen MR) is 99.6 cm³/mol. The Morgan fingerprint density at radius 3 is 2.48 bits per heavy atom. The summed E-state index contributed by atoms with van der Waals surface area (Å²) in [5.74, 6) is -0.0481. The molecule has 0 radical (unpaired) electrons. The minimum atomic E-state index is -0.961. The van der Waals surface area contributed by atoms with Crippen LogP contribution in [0.3, 0.4) is 0 Å². The van der Waals surface area contributed by atoms with Gasteiger partial charge in [0.1, 0.15) is 17.8 Å². The Kier molecular flexibility index (Phi) is 5.81. The number of aromatic nitrogens is 2. The summed E-state index contributed by atoms with van der Waals surface area (Å²) in [7, 11) is 1.57. The molecule has 1 saturated heterocycles. The average molecular weight is 402 g/mol. The van der Waals surface area contributed by atoms with Crippen LogP contribution in [0.25, 0.3) is 11.4 Å². The minimum absolute atomic E-state index is 0.0952. The summed E-state index contributed by atoms with van der Waals surface area (Å²) >= 11 is 0. The lowest BCUT2D eigenvalue weighted by atomic mass is 9.93. The smallest absolute Gasteiger partial charge is 0.326 e. The zero-order valence-corrected chi connectivity index (χ0v) is 16.4. The van der Waals surface area contributed by atoms with Gasteiger partial charge in [0.25, 0.3) is 11.8 Å². The fourth-order valence-electron chi connectivity index (χ4n) is 3.04. The molecule has 3 rings (SSSR count). The van der Waals surface area contributed by atoms with Crippen LogP contribution in [0.2, 0.25) is 0 Å². The van der Waals surface area contributed by atoms with Gasteiger partial charge in [-0.05, 0) is 37.1 Å². The van der Waals surface area contributed by atoms with Gasteiger partial charge in [0, 0.05) is 5.56 Å². The Morgan fingerprint density at radius 1 is 1.21 bits per heavy atom. The van der Waals surface area contributed by atoms with Crippen LogP contribution in [0.15, 0.2) is 28.8 Å². The highest BCUT2D eigenvalue weighted by molar-refractivity contribution is 6.08. The number of nitrogens with one attached hydrogen (secondary N) is 1. The minimum Gasteiger partial charge on any atom is -0.497 e. The van der Waals surface area contributed by atoms with Crippen molar-refractivity contribution >= 4 is 17.9 Å². The number of amides is 3. The summed E-state index contributed by atoms with van der Waals surface area (Å²) < 4.78 is 15.2. The Bertz CT molecular complexity index is 904. The summed E-state index contributed by atoms with van der Waals surface area (Å²) in [5.41, 5.74) is -0.251. The van der Waals surface area contributed by atoms with Crippen molar-refractivity contribution in [3.05, 3.63) is 30.2 Å². The molecule has 1 aliphatic rings. The molecule has 0 aliphatic carbocycles. The molecule has 0 saturated carbocycles. The molecule has 1 aromatic heterocycles. The number of imide groups is 1. The quantitative estimate of drug-likeness (QED) is 0.524. The summed E-state index contributed by atoms with van der Waals surface area (Å²) in [4.78, 5) is 41.7. The van der Waals surface area contributed by atoms with Crippen molar-refractivity contribution in [3.63, 3.8) is 0 Å². The second kappa shape index (κ2) is 8.29. The fourth-order valence-corrected chi connectivity index (χ4v) is 3.04. The first-order chi connectivity index (χ1) is 13.9. The highest BCUT2D eigenvalue weighted by Gasteiger charge is 2.49. The number of hydrogen-bond donors (Lipinski definition) is 1. The molecular formula is C19H22N4O6. The van der Waals surface area contributed by atoms with E-state index >= 15 is 0 Å². The normalized spacial score (nSPS) is 15.3. The van der Waals surface area contributed by atoms with Crippen LogP contribution in [-0.4, -0.2) is 52.1 Å². The van der Waals surface area contributed by atoms with E-state index in [-0.39, 0.29) is 12.5 Å². The molecule has 2 aromatic rings. The van der Waals surface area contributed by atoms with E-state index in [1.807, 2.05) is 0 Å². The monoisotopic (exact) mass is 402 g/mol. The Labute approximate surface area is 167 Å². The van der Waals surface area contributed by atoms with Gasteiger partial charge in [0.05, 0.1) is 7.11 Å². The number of ether oxygens (including phenoxy) is 2. The van der Waals surface area contributed by atoms with Crippen LogP contribution < -0.4 is 10.1 Å². The summed E-state index contributed by atoms with van der Waals surface area (Å²) in [6.07, 6.45) is 0.880. The van der Waals surface area contributed by atoms with Crippen LogP contribution in [0, 0.1) is 0 Å². The van der Waals surface area contributed by atoms with E-state index < -0.39 is 30.0 Å². The van der Waals surface area contributed by atoms with E-state index in [9.17, 15) is 14.4 Å². The first-order valence-electron chi connectivity index (χ1n) is 9.19. The summed E-state index contributed by atoms with van der Waals surface area (Å²) in [6.45, 7) is 2.86. The van der Waals surface area contributed by atoms with Crippen molar-refractivity contribution in [1.82, 2.24) is 20.4 Å². The van der Waals surface area contributed by atoms with Gasteiger partial charge < -0.3 is 19.3 Å². The number of methoxy groups -OCH3 is 1. The maximum absolute atomic E-state index is 12.5. The molecule has 0 unspecified atom stereocenters. The van der Waals surface area contributed by atoms with E-state index in [1.54, 1.807) is 45.2 Å². The van der Waals surface area contributed by atoms with Gasteiger partial charge in [-0.25, -0.2) is 4.79 Å². The van der Waals surface area contributed by atoms with Crippen molar-refractivity contribution in [1.29, 1.82) is 0 Å². The molecule has 29 heavy (non-hydrogen) atoms. The van der Waals surface area contributed by atoms with Crippen molar-refractivity contribution in [3.8, 4) is 17.1 Å². The predicted octanol–water partition coefficient (Wildman–Crippen LogP) is 1.90. The van der Waals surface area contributed by atoms with Crippen LogP contribution in [-0.2, 0) is 20.9 Å². The number of carbonyl (C=O) groups is 3. The standard InChI is InChI=1S/C19H22N4O6/c1-4-19(5-2)17(25)23(18(26)21-19)10-15(24)28-11-14-20-16(22-29-14)12-6-8-13(27-3)9-7-12/h6-9H,4-5,10-11H2,1-3H3,(H,21,26). The van der Waals surface area contributed by atoms with Crippen LogP contribution >= 0.6 is 0 Å². The van der Waals surface area contributed by atoms with Gasteiger partial charge in [0.15, 0.2) is 6.61 Å². The number of urea groups is 1. The highest BCUT2D eigenvalue weighted by atomic mass is 16.6. The Balaban J connectivity index is 1.57. The number of rotatable bonds is 8. The molecule has 0 atom stereocenters. The average Bonchev–Trinajstić information content (AvgIpc) is 3.31. The highest BCUT2D eigenvalue weighted by Crippen LogP contribution is 2.25. The van der Waals surface area contributed by atoms with E-state index in [0.29, 0.717) is 30.0 Å². The molecule has 10 nitrogen and oxygen atoms in total. The lowest BCUT2D eigenvalue weighted by molar-refractivity contribution is -0.149. The molecule has 10 heteroatoms. The molecule has 1 aliphatic heterocycles. The third kappa shape index (κ3) is 4.05. The lowest BCUT2D eigenvalue weighted by Gasteiger charge is -2.22. The lowest BCUT2D eigenvalue weighted by Crippen LogP contribution is -2.46. The van der Waals surface area contributed by atoms with Crippen LogP contribution in [0.4, 0.5) is 4.79 Å². The molecule has 3 amide bonds. The van der Waals surface area contributed by atoms with Crippen LogP contribution in [0.5, 0.6) is 5.75 Å². The van der Waals surface area contributed by atoms with Crippen molar-refractivity contribution in [2.45, 2.75) is 38.8 Å². The van der Waals surface area contributed by atoms with Gasteiger partial charge in [-0.2, -0.15) is 4.98 Å². The molecular weight excluding hydrogens is 380 g/mol. The third-order valence-corrected chi connectivity index (χ3v) is 4.91. The Morgan fingerprint density at radius 2 is 1.90 bits per heavy atom. The van der Waals surface area contributed by atoms with Gasteiger partial charge in [-0.15, -0.1) is 0 Å². The number of benzene rings is 1. The third-order valence-electron chi connectivity index (χ3n) is 4.91. The second-order valence-electron chi connectivity index (χ2n) is 6.51. The van der Waals surface area contributed by atoms with Gasteiger partial charge in [-0.1, -0.05) is 19.0 Å². The molecule has 0 spiro atoms. The molecule has 1 aromatic carbocycles. The maximum atomic E-state index is 12.5. The van der Waals surface area contributed by atoms with Crippen molar-refractivity contribution < 1.29 is 28.4 Å².